The molecule has 2 amide bonds. The third-order valence-corrected chi connectivity index (χ3v) is 4.75. The Bertz CT molecular complexity index is 494. The molecule has 0 spiro atoms. The van der Waals surface area contributed by atoms with Crippen LogP contribution in [0.4, 0.5) is 9.93 Å². The molecule has 0 saturated carbocycles. The van der Waals surface area contributed by atoms with Crippen molar-refractivity contribution in [3.63, 3.8) is 0 Å². The summed E-state index contributed by atoms with van der Waals surface area (Å²) in [7, 11) is 1.79. The lowest BCUT2D eigenvalue weighted by molar-refractivity contribution is 0.0359. The van der Waals surface area contributed by atoms with E-state index in [4.69, 9.17) is 4.74 Å². The number of carbonyl (C=O) groups excluding carboxylic acids is 1. The fourth-order valence-corrected chi connectivity index (χ4v) is 2.77. The molecule has 1 aromatic rings. The van der Waals surface area contributed by atoms with Crippen molar-refractivity contribution in [2.75, 3.05) is 51.8 Å². The molecule has 0 aliphatic carbocycles. The first kappa shape index (κ1) is 17.1. The minimum absolute atomic E-state index is 0.0527. The molecule has 2 heterocycles. The first-order valence-corrected chi connectivity index (χ1v) is 8.34. The quantitative estimate of drug-likeness (QED) is 0.910. The highest BCUT2D eigenvalue weighted by molar-refractivity contribution is 7.15. The fourth-order valence-electron chi connectivity index (χ4n) is 1.98. The van der Waals surface area contributed by atoms with Crippen molar-refractivity contribution >= 4 is 22.5 Å². The number of rotatable bonds is 4. The van der Waals surface area contributed by atoms with E-state index in [1.54, 1.807) is 11.9 Å². The summed E-state index contributed by atoms with van der Waals surface area (Å²) in [5.41, 5.74) is -0.0527. The van der Waals surface area contributed by atoms with Crippen molar-refractivity contribution in [1.29, 1.82) is 0 Å². The summed E-state index contributed by atoms with van der Waals surface area (Å²) in [5.74, 6) is 0. The maximum Gasteiger partial charge on any atom is 0.323 e. The van der Waals surface area contributed by atoms with Crippen LogP contribution < -0.4 is 5.32 Å². The molecule has 22 heavy (non-hydrogen) atoms. The number of hydrogen-bond acceptors (Lipinski definition) is 6. The maximum atomic E-state index is 12.2. The molecule has 0 bridgehead atoms. The average Bonchev–Trinajstić information content (AvgIpc) is 2.94. The SMILES string of the molecule is CN(CCN1CCOCC1)C(=O)Nc1nnc(C(C)(C)C)s1. The fraction of sp³-hybridized carbons (Fsp3) is 0.786. The van der Waals surface area contributed by atoms with E-state index in [1.807, 2.05) is 0 Å². The van der Waals surface area contributed by atoms with Gasteiger partial charge in [0, 0.05) is 38.6 Å². The lowest BCUT2D eigenvalue weighted by Gasteiger charge is -2.28. The van der Waals surface area contributed by atoms with Gasteiger partial charge in [-0.1, -0.05) is 32.1 Å². The van der Waals surface area contributed by atoms with E-state index in [9.17, 15) is 4.79 Å². The van der Waals surface area contributed by atoms with E-state index >= 15 is 0 Å². The molecule has 0 radical (unpaired) electrons. The van der Waals surface area contributed by atoms with Crippen LogP contribution in [-0.2, 0) is 10.2 Å². The second-order valence-electron chi connectivity index (χ2n) is 6.47. The van der Waals surface area contributed by atoms with Crippen molar-refractivity contribution in [3.8, 4) is 0 Å². The van der Waals surface area contributed by atoms with Gasteiger partial charge in [0.05, 0.1) is 13.2 Å². The molecule has 124 valence electrons. The zero-order chi connectivity index (χ0) is 16.2. The Kier molecular flexibility index (Phi) is 5.71. The largest absolute Gasteiger partial charge is 0.379 e. The predicted octanol–water partition coefficient (Wildman–Crippen LogP) is 1.63. The van der Waals surface area contributed by atoms with Crippen LogP contribution in [0.2, 0.25) is 0 Å². The Morgan fingerprint density at radius 1 is 1.36 bits per heavy atom. The molecule has 1 aromatic heterocycles. The molecule has 0 unspecified atom stereocenters. The van der Waals surface area contributed by atoms with Gasteiger partial charge in [-0.05, 0) is 0 Å². The normalized spacial score (nSPS) is 16.5. The minimum Gasteiger partial charge on any atom is -0.379 e. The van der Waals surface area contributed by atoms with Crippen LogP contribution in [0, 0.1) is 0 Å². The molecule has 7 nitrogen and oxygen atoms in total. The summed E-state index contributed by atoms with van der Waals surface area (Å²) >= 11 is 1.42. The summed E-state index contributed by atoms with van der Waals surface area (Å²) in [6.07, 6.45) is 0. The average molecular weight is 327 g/mol. The smallest absolute Gasteiger partial charge is 0.323 e. The molecule has 8 heteroatoms. The number of carbonyl (C=O) groups is 1. The number of hydrogen-bond donors (Lipinski definition) is 1. The van der Waals surface area contributed by atoms with Gasteiger partial charge in [0.1, 0.15) is 5.01 Å². The number of anilines is 1. The van der Waals surface area contributed by atoms with E-state index in [1.165, 1.54) is 11.3 Å². The Morgan fingerprint density at radius 2 is 2.05 bits per heavy atom. The van der Waals surface area contributed by atoms with Crippen LogP contribution >= 0.6 is 11.3 Å². The van der Waals surface area contributed by atoms with E-state index in [2.05, 4.69) is 41.2 Å². The Hall–Kier alpha value is -1.25. The van der Waals surface area contributed by atoms with Crippen molar-refractivity contribution in [2.24, 2.45) is 0 Å². The van der Waals surface area contributed by atoms with Crippen LogP contribution in [0.15, 0.2) is 0 Å². The van der Waals surface area contributed by atoms with Crippen molar-refractivity contribution < 1.29 is 9.53 Å². The number of likely N-dealkylation sites (N-methyl/N-ethyl adjacent to an activating group) is 1. The Labute approximate surface area is 135 Å². The number of nitrogens with zero attached hydrogens (tertiary/aromatic N) is 4. The monoisotopic (exact) mass is 327 g/mol. The first-order valence-electron chi connectivity index (χ1n) is 7.52. The summed E-state index contributed by atoms with van der Waals surface area (Å²) in [5, 5.41) is 12.4. The molecule has 1 N–H and O–H groups in total. The van der Waals surface area contributed by atoms with Crippen LogP contribution in [0.1, 0.15) is 25.8 Å². The van der Waals surface area contributed by atoms with Crippen LogP contribution in [0.3, 0.4) is 0 Å². The maximum absolute atomic E-state index is 12.2. The number of amides is 2. The number of aromatic nitrogens is 2. The number of ether oxygens (including phenoxy) is 1. The van der Waals surface area contributed by atoms with Gasteiger partial charge in [-0.2, -0.15) is 0 Å². The molecule has 2 rings (SSSR count). The lowest BCUT2D eigenvalue weighted by Crippen LogP contribution is -2.42. The topological polar surface area (TPSA) is 70.6 Å². The molecule has 1 aliphatic heterocycles. The highest BCUT2D eigenvalue weighted by Gasteiger charge is 2.21. The Morgan fingerprint density at radius 3 is 2.64 bits per heavy atom. The molecule has 1 saturated heterocycles. The first-order chi connectivity index (χ1) is 10.4. The summed E-state index contributed by atoms with van der Waals surface area (Å²) in [4.78, 5) is 16.1. The second-order valence-corrected chi connectivity index (χ2v) is 7.45. The zero-order valence-corrected chi connectivity index (χ0v) is 14.6. The van der Waals surface area contributed by atoms with Crippen LogP contribution in [0.25, 0.3) is 0 Å². The third kappa shape index (κ3) is 4.89. The van der Waals surface area contributed by atoms with Crippen LogP contribution in [0.5, 0.6) is 0 Å². The number of morpholine rings is 1. The summed E-state index contributed by atoms with van der Waals surface area (Å²) in [6.45, 7) is 11.2. The predicted molar refractivity (Wildman–Crippen MR) is 87.5 cm³/mol. The van der Waals surface area contributed by atoms with Crippen molar-refractivity contribution in [3.05, 3.63) is 5.01 Å². The highest BCUT2D eigenvalue weighted by atomic mass is 32.1. The van der Waals surface area contributed by atoms with Gasteiger partial charge < -0.3 is 9.64 Å². The number of urea groups is 1. The zero-order valence-electron chi connectivity index (χ0n) is 13.8. The van der Waals surface area contributed by atoms with Gasteiger partial charge in [0.25, 0.3) is 0 Å². The van der Waals surface area contributed by atoms with E-state index in [-0.39, 0.29) is 11.4 Å². The third-order valence-electron chi connectivity index (χ3n) is 3.48. The number of nitrogens with one attached hydrogen (secondary N) is 1. The molecular weight excluding hydrogens is 302 g/mol. The van der Waals surface area contributed by atoms with Crippen LogP contribution in [-0.4, -0.2) is 72.5 Å². The lowest BCUT2D eigenvalue weighted by atomic mass is 9.98. The van der Waals surface area contributed by atoms with E-state index in [0.29, 0.717) is 11.7 Å². The van der Waals surface area contributed by atoms with Crippen molar-refractivity contribution in [2.45, 2.75) is 26.2 Å². The second kappa shape index (κ2) is 7.34. The van der Waals surface area contributed by atoms with Gasteiger partial charge in [-0.3, -0.25) is 10.2 Å². The van der Waals surface area contributed by atoms with E-state index < -0.39 is 0 Å². The molecule has 0 aromatic carbocycles. The molecule has 1 aliphatic rings. The molecular formula is C14H25N5O2S. The molecule has 0 atom stereocenters. The summed E-state index contributed by atoms with van der Waals surface area (Å²) < 4.78 is 5.31. The van der Waals surface area contributed by atoms with Gasteiger partial charge >= 0.3 is 6.03 Å². The Balaban J connectivity index is 1.79. The summed E-state index contributed by atoms with van der Waals surface area (Å²) in [6, 6.07) is -0.148. The van der Waals surface area contributed by atoms with Crippen molar-refractivity contribution in [1.82, 2.24) is 20.0 Å². The minimum atomic E-state index is -0.148. The van der Waals surface area contributed by atoms with Gasteiger partial charge in [-0.15, -0.1) is 10.2 Å². The molecule has 1 fully saturated rings. The van der Waals surface area contributed by atoms with Gasteiger partial charge in [0.2, 0.25) is 5.13 Å². The standard InChI is InChI=1S/C14H25N5O2S/c1-14(2,3)11-16-17-12(22-11)15-13(20)18(4)5-6-19-7-9-21-10-8-19/h5-10H2,1-4H3,(H,15,17,20). The highest BCUT2D eigenvalue weighted by Crippen LogP contribution is 2.27. The van der Waals surface area contributed by atoms with E-state index in [0.717, 1.165) is 37.9 Å². The van der Waals surface area contributed by atoms with Gasteiger partial charge in [0.15, 0.2) is 0 Å². The van der Waals surface area contributed by atoms with Gasteiger partial charge in [-0.25, -0.2) is 4.79 Å².